The van der Waals surface area contributed by atoms with Crippen LogP contribution in [0.25, 0.3) is 0 Å². The van der Waals surface area contributed by atoms with Crippen LogP contribution in [0.2, 0.25) is 5.02 Å². The second-order valence-electron chi connectivity index (χ2n) is 5.75. The first-order valence-corrected chi connectivity index (χ1v) is 7.71. The number of halogens is 1. The van der Waals surface area contributed by atoms with E-state index in [2.05, 4.69) is 36.3 Å². The highest BCUT2D eigenvalue weighted by Crippen LogP contribution is 2.19. The molecule has 1 unspecified atom stereocenters. The molecule has 19 heavy (non-hydrogen) atoms. The Labute approximate surface area is 122 Å². The first kappa shape index (κ1) is 14.8. The Morgan fingerprint density at radius 2 is 2.00 bits per heavy atom. The van der Waals surface area contributed by atoms with E-state index in [0.29, 0.717) is 6.04 Å². The second kappa shape index (κ2) is 7.28. The highest BCUT2D eigenvalue weighted by molar-refractivity contribution is 6.31. The molecule has 1 aromatic rings. The summed E-state index contributed by atoms with van der Waals surface area (Å²) in [6.07, 6.45) is 5.48. The van der Waals surface area contributed by atoms with Gasteiger partial charge >= 0.3 is 0 Å². The molecule has 1 aliphatic rings. The molecule has 1 aromatic carbocycles. The number of likely N-dealkylation sites (N-methyl/N-ethyl adjacent to an activating group) is 1. The minimum atomic E-state index is 0.525. The minimum absolute atomic E-state index is 0.525. The topological polar surface area (TPSA) is 15.3 Å². The number of hydrogen-bond acceptors (Lipinski definition) is 2. The molecule has 2 rings (SSSR count). The molecule has 1 atom stereocenters. The zero-order valence-corrected chi connectivity index (χ0v) is 12.8. The first-order valence-electron chi connectivity index (χ1n) is 7.34. The molecule has 0 aromatic heterocycles. The molecule has 0 amide bonds. The van der Waals surface area contributed by atoms with E-state index in [9.17, 15) is 0 Å². The summed E-state index contributed by atoms with van der Waals surface area (Å²) in [4.78, 5) is 2.36. The zero-order valence-electron chi connectivity index (χ0n) is 12.0. The average molecular weight is 281 g/mol. The van der Waals surface area contributed by atoms with Crippen LogP contribution in [-0.4, -0.2) is 30.6 Å². The monoisotopic (exact) mass is 280 g/mol. The van der Waals surface area contributed by atoms with Gasteiger partial charge < -0.3 is 5.32 Å². The lowest BCUT2D eigenvalue weighted by molar-refractivity contribution is 0.237. The predicted molar refractivity (Wildman–Crippen MR) is 82.6 cm³/mol. The lowest BCUT2D eigenvalue weighted by atomic mass is 10.2. The fourth-order valence-corrected chi connectivity index (χ4v) is 2.87. The summed E-state index contributed by atoms with van der Waals surface area (Å²) in [7, 11) is 2.17. The molecular weight excluding hydrogens is 256 g/mol. The summed E-state index contributed by atoms with van der Waals surface area (Å²) in [6.45, 7) is 4.25. The van der Waals surface area contributed by atoms with Crippen LogP contribution in [0.5, 0.6) is 0 Å². The highest BCUT2D eigenvalue weighted by Gasteiger charge is 2.17. The SMILES string of the molecule is CC(CNC1CCCC1)N(C)Cc1ccccc1Cl. The van der Waals surface area contributed by atoms with Crippen molar-refractivity contribution in [2.45, 2.75) is 51.2 Å². The van der Waals surface area contributed by atoms with Crippen molar-refractivity contribution in [3.63, 3.8) is 0 Å². The lowest BCUT2D eigenvalue weighted by Gasteiger charge is -2.26. The molecule has 0 bridgehead atoms. The van der Waals surface area contributed by atoms with Gasteiger partial charge in [0.2, 0.25) is 0 Å². The third-order valence-corrected chi connectivity index (χ3v) is 4.56. The summed E-state index contributed by atoms with van der Waals surface area (Å²) >= 11 is 6.21. The first-order chi connectivity index (χ1) is 9.16. The van der Waals surface area contributed by atoms with Crippen LogP contribution in [0.1, 0.15) is 38.2 Å². The Morgan fingerprint density at radius 3 is 2.68 bits per heavy atom. The van der Waals surface area contributed by atoms with Crippen LogP contribution in [-0.2, 0) is 6.54 Å². The second-order valence-corrected chi connectivity index (χ2v) is 6.15. The van der Waals surface area contributed by atoms with Crippen LogP contribution in [0.15, 0.2) is 24.3 Å². The molecular formula is C16H25ClN2. The Kier molecular flexibility index (Phi) is 5.68. The van der Waals surface area contributed by atoms with Gasteiger partial charge in [-0.05, 0) is 38.4 Å². The largest absolute Gasteiger partial charge is 0.312 e. The summed E-state index contributed by atoms with van der Waals surface area (Å²) in [5, 5.41) is 4.55. The Hall–Kier alpha value is -0.570. The lowest BCUT2D eigenvalue weighted by Crippen LogP contribution is -2.40. The minimum Gasteiger partial charge on any atom is -0.312 e. The molecule has 0 spiro atoms. The smallest absolute Gasteiger partial charge is 0.0451 e. The fraction of sp³-hybridized carbons (Fsp3) is 0.625. The van der Waals surface area contributed by atoms with Gasteiger partial charge in [-0.2, -0.15) is 0 Å². The van der Waals surface area contributed by atoms with Gasteiger partial charge in [-0.25, -0.2) is 0 Å². The van der Waals surface area contributed by atoms with E-state index >= 15 is 0 Å². The molecule has 0 radical (unpaired) electrons. The molecule has 1 fully saturated rings. The van der Waals surface area contributed by atoms with Crippen molar-refractivity contribution in [1.29, 1.82) is 0 Å². The van der Waals surface area contributed by atoms with Crippen molar-refractivity contribution in [3.8, 4) is 0 Å². The van der Waals surface area contributed by atoms with Crippen molar-refractivity contribution in [2.75, 3.05) is 13.6 Å². The van der Waals surface area contributed by atoms with Gasteiger partial charge in [-0.15, -0.1) is 0 Å². The number of hydrogen-bond donors (Lipinski definition) is 1. The fourth-order valence-electron chi connectivity index (χ4n) is 2.67. The van der Waals surface area contributed by atoms with Crippen LogP contribution in [0.4, 0.5) is 0 Å². The maximum atomic E-state index is 6.21. The van der Waals surface area contributed by atoms with Crippen molar-refractivity contribution in [3.05, 3.63) is 34.9 Å². The predicted octanol–water partition coefficient (Wildman–Crippen LogP) is 3.69. The van der Waals surface area contributed by atoms with Gasteiger partial charge in [0.05, 0.1) is 0 Å². The quantitative estimate of drug-likeness (QED) is 0.855. The van der Waals surface area contributed by atoms with Gasteiger partial charge in [0.25, 0.3) is 0 Å². The van der Waals surface area contributed by atoms with Crippen molar-refractivity contribution < 1.29 is 0 Å². The number of nitrogens with one attached hydrogen (secondary N) is 1. The number of rotatable bonds is 6. The Bertz CT molecular complexity index is 388. The van der Waals surface area contributed by atoms with Crippen molar-refractivity contribution in [1.82, 2.24) is 10.2 Å². The van der Waals surface area contributed by atoms with Crippen molar-refractivity contribution >= 4 is 11.6 Å². The normalized spacial score (nSPS) is 18.1. The Morgan fingerprint density at radius 1 is 1.32 bits per heavy atom. The number of nitrogens with zero attached hydrogens (tertiary/aromatic N) is 1. The maximum Gasteiger partial charge on any atom is 0.0451 e. The highest BCUT2D eigenvalue weighted by atomic mass is 35.5. The Balaban J connectivity index is 1.78. The molecule has 106 valence electrons. The molecule has 1 aliphatic carbocycles. The van der Waals surface area contributed by atoms with E-state index in [1.54, 1.807) is 0 Å². The van der Waals surface area contributed by atoms with E-state index in [0.717, 1.165) is 24.2 Å². The van der Waals surface area contributed by atoms with Crippen molar-refractivity contribution in [2.24, 2.45) is 0 Å². The van der Waals surface area contributed by atoms with Crippen LogP contribution in [0, 0.1) is 0 Å². The molecule has 1 saturated carbocycles. The van der Waals surface area contributed by atoms with E-state index in [1.165, 1.54) is 31.2 Å². The van der Waals surface area contributed by atoms with Gasteiger partial charge in [-0.1, -0.05) is 42.6 Å². The van der Waals surface area contributed by atoms with Gasteiger partial charge in [0.15, 0.2) is 0 Å². The maximum absolute atomic E-state index is 6.21. The third-order valence-electron chi connectivity index (χ3n) is 4.19. The van der Waals surface area contributed by atoms with E-state index in [4.69, 9.17) is 11.6 Å². The molecule has 0 heterocycles. The molecule has 1 N–H and O–H groups in total. The van der Waals surface area contributed by atoms with Crippen LogP contribution >= 0.6 is 11.6 Å². The third kappa shape index (κ3) is 4.48. The van der Waals surface area contributed by atoms with E-state index < -0.39 is 0 Å². The van der Waals surface area contributed by atoms with Crippen LogP contribution < -0.4 is 5.32 Å². The van der Waals surface area contributed by atoms with Gasteiger partial charge in [0.1, 0.15) is 0 Å². The van der Waals surface area contributed by atoms with E-state index in [1.807, 2.05) is 12.1 Å². The molecule has 0 saturated heterocycles. The number of benzene rings is 1. The van der Waals surface area contributed by atoms with E-state index in [-0.39, 0.29) is 0 Å². The average Bonchev–Trinajstić information content (AvgIpc) is 2.91. The molecule has 0 aliphatic heterocycles. The summed E-state index contributed by atoms with van der Waals surface area (Å²) in [5.74, 6) is 0. The van der Waals surface area contributed by atoms with Gasteiger partial charge in [-0.3, -0.25) is 4.90 Å². The summed E-state index contributed by atoms with van der Waals surface area (Å²) in [6, 6.07) is 9.38. The molecule has 3 heteroatoms. The summed E-state index contributed by atoms with van der Waals surface area (Å²) < 4.78 is 0. The summed E-state index contributed by atoms with van der Waals surface area (Å²) in [5.41, 5.74) is 1.21. The van der Waals surface area contributed by atoms with Gasteiger partial charge in [0, 0.05) is 30.2 Å². The zero-order chi connectivity index (χ0) is 13.7. The molecule has 2 nitrogen and oxygen atoms in total. The standard InChI is InChI=1S/C16H25ClN2/c1-13(11-18-15-8-4-5-9-15)19(2)12-14-7-3-6-10-16(14)17/h3,6-7,10,13,15,18H,4-5,8-9,11-12H2,1-2H3. The van der Waals surface area contributed by atoms with Crippen LogP contribution in [0.3, 0.4) is 0 Å².